The number of hydrogen-bond donors (Lipinski definition) is 0. The third-order valence-electron chi connectivity index (χ3n) is 5.92. The Morgan fingerprint density at radius 1 is 0.792 bits per heavy atom. The van der Waals surface area contributed by atoms with Crippen molar-refractivity contribution in [3.05, 3.63) is 47.6 Å². The van der Waals surface area contributed by atoms with Gasteiger partial charge in [-0.05, 0) is 0 Å². The predicted octanol–water partition coefficient (Wildman–Crippen LogP) is 0.546. The number of hydrogen-bond acceptors (Lipinski definition) is 0. The first-order chi connectivity index (χ1) is 10.5. The van der Waals surface area contributed by atoms with Crippen molar-refractivity contribution in [3.8, 4) is 0 Å². The van der Waals surface area contributed by atoms with Crippen molar-refractivity contribution in [1.82, 2.24) is 0 Å². The third kappa shape index (κ3) is 3.56. The Hall–Kier alpha value is -0.0800. The number of allylic oxidation sites excluding steroid dienone is 8. The molecule has 0 saturated carbocycles. The largest absolute Gasteiger partial charge is 1.00 e. The van der Waals surface area contributed by atoms with Gasteiger partial charge in [-0.2, -0.15) is 0 Å². The molecule has 24 heavy (non-hydrogen) atoms. The first-order valence-corrected chi connectivity index (χ1v) is 18.8. The molecule has 0 fully saturated rings. The fraction of sp³-hybridized carbons (Fsp3) is 0.600. The van der Waals surface area contributed by atoms with Crippen LogP contribution in [0.15, 0.2) is 47.6 Å². The Balaban J connectivity index is 0.00000264. The molecule has 0 radical (unpaired) electrons. The smallest absolute Gasteiger partial charge is 1.00 e. The molecule has 0 N–H and O–H groups in total. The molecule has 0 spiro atoms. The summed E-state index contributed by atoms with van der Waals surface area (Å²) in [4.78, 5) is 0. The van der Waals surface area contributed by atoms with Gasteiger partial charge >= 0.3 is 147 Å². The van der Waals surface area contributed by atoms with Gasteiger partial charge < -0.3 is 9.41 Å². The summed E-state index contributed by atoms with van der Waals surface area (Å²) in [6.07, 6.45) is 20.1. The van der Waals surface area contributed by atoms with Crippen LogP contribution in [0.3, 0.4) is 0 Å². The molecule has 0 aliphatic heterocycles. The topological polar surface area (TPSA) is 0 Å². The molecule has 0 amide bonds. The molecule has 0 aromatic heterocycles. The van der Waals surface area contributed by atoms with Crippen LogP contribution in [-0.2, 0) is 20.9 Å². The van der Waals surface area contributed by atoms with Crippen molar-refractivity contribution in [2.45, 2.75) is 72.7 Å². The first-order valence-electron chi connectivity index (χ1n) is 9.17. The normalized spacial score (nSPS) is 27.6. The van der Waals surface area contributed by atoms with Gasteiger partial charge in [-0.3, -0.25) is 0 Å². The van der Waals surface area contributed by atoms with Crippen molar-refractivity contribution < 1.29 is 30.3 Å². The van der Waals surface area contributed by atoms with E-state index in [1.165, 1.54) is 25.7 Å². The molecule has 135 valence electrons. The van der Waals surface area contributed by atoms with Crippen LogP contribution in [-0.4, -0.2) is 5.92 Å². The van der Waals surface area contributed by atoms with Crippen molar-refractivity contribution in [2.75, 3.05) is 0 Å². The van der Waals surface area contributed by atoms with E-state index in [1.54, 1.807) is 11.1 Å². The minimum absolute atomic E-state index is 0. The molecule has 2 aliphatic carbocycles. The molecule has 0 aromatic carbocycles. The Labute approximate surface area is 156 Å². The molecule has 0 aromatic rings. The third-order valence-corrected chi connectivity index (χ3v) is 30.5. The maximum atomic E-state index is 2.66. The Morgan fingerprint density at radius 3 is 1.42 bits per heavy atom. The van der Waals surface area contributed by atoms with Gasteiger partial charge in [-0.25, -0.2) is 0 Å². The molecular weight excluding hydrogens is 398 g/mol. The second-order valence-corrected chi connectivity index (χ2v) is 27.7. The molecule has 2 rings (SSSR count). The van der Waals surface area contributed by atoms with Crippen LogP contribution in [0, 0.1) is 0 Å². The minimum atomic E-state index is -1.75. The van der Waals surface area contributed by atoms with E-state index in [-0.39, 0.29) is 9.41 Å². The summed E-state index contributed by atoms with van der Waals surface area (Å²) in [6.45, 7) is 14.9. The van der Waals surface area contributed by atoms with Crippen molar-refractivity contribution >= 4 is 5.92 Å². The second kappa shape index (κ2) is 9.57. The zero-order valence-electron chi connectivity index (χ0n) is 16.1. The second-order valence-electron chi connectivity index (χ2n) is 7.03. The molecule has 0 saturated heterocycles. The van der Waals surface area contributed by atoms with Crippen LogP contribution in [0.25, 0.3) is 0 Å². The standard InChI is InChI=1S/2C9H13.C2H7Si.2FH.Zr/c2*1-3-8-6-5-7-9(8)4-2;1-3-2;;;/h2*5-7H,3-4H2,1-2H3;3H,1-2H3;2*1H;/q;;;;;+2/p-2. The van der Waals surface area contributed by atoms with E-state index in [0.29, 0.717) is 6.25 Å². The summed E-state index contributed by atoms with van der Waals surface area (Å²) in [5, 5.41) is 0. The summed E-state index contributed by atoms with van der Waals surface area (Å²) >= 11 is -1.75. The zero-order chi connectivity index (χ0) is 16.4. The van der Waals surface area contributed by atoms with E-state index < -0.39 is 26.8 Å². The molecule has 0 nitrogen and oxygen atoms in total. The average Bonchev–Trinajstić information content (AvgIpc) is 3.11. The Bertz CT molecular complexity index is 492. The Kier molecular flexibility index (Phi) is 9.54. The molecule has 0 heterocycles. The summed E-state index contributed by atoms with van der Waals surface area (Å²) in [5.74, 6) is -0.654. The maximum Gasteiger partial charge on any atom is -1.00 e. The molecule has 2 unspecified atom stereocenters. The van der Waals surface area contributed by atoms with Crippen molar-refractivity contribution in [2.24, 2.45) is 0 Å². The van der Waals surface area contributed by atoms with Gasteiger partial charge in [0.1, 0.15) is 0 Å². The van der Waals surface area contributed by atoms with Crippen LogP contribution in [0.5, 0.6) is 0 Å². The predicted molar refractivity (Wildman–Crippen MR) is 99.9 cm³/mol. The molecule has 4 heteroatoms. The summed E-state index contributed by atoms with van der Waals surface area (Å²) in [7, 11) is 0. The van der Waals surface area contributed by atoms with Gasteiger partial charge in [0.25, 0.3) is 0 Å². The number of halogens is 2. The van der Waals surface area contributed by atoms with Gasteiger partial charge in [-0.15, -0.1) is 0 Å². The SMILES string of the molecule is CCC1=CC=C[C]1(CC)[Zr+2]([SiH](C)C)[C]1(CC)C=CC=C1CC.[F-].[F-]. The van der Waals surface area contributed by atoms with Gasteiger partial charge in [0, 0.05) is 0 Å². The van der Waals surface area contributed by atoms with Crippen LogP contribution < -0.4 is 9.41 Å². The van der Waals surface area contributed by atoms with E-state index in [4.69, 9.17) is 0 Å². The molecule has 2 aliphatic rings. The zero-order valence-corrected chi connectivity index (χ0v) is 19.7. The minimum Gasteiger partial charge on any atom is -1.00 e. The fourth-order valence-electron chi connectivity index (χ4n) is 5.06. The van der Waals surface area contributed by atoms with E-state index in [9.17, 15) is 0 Å². The monoisotopic (exact) mass is 429 g/mol. The van der Waals surface area contributed by atoms with Crippen LogP contribution >= 0.6 is 0 Å². The van der Waals surface area contributed by atoms with Crippen LogP contribution in [0.4, 0.5) is 0 Å². The van der Waals surface area contributed by atoms with Crippen LogP contribution in [0.2, 0.25) is 19.3 Å². The molecule has 2 atom stereocenters. The van der Waals surface area contributed by atoms with E-state index in [0.717, 1.165) is 0 Å². The van der Waals surface area contributed by atoms with E-state index in [2.05, 4.69) is 77.2 Å². The summed E-state index contributed by atoms with van der Waals surface area (Å²) in [6, 6.07) is 0. The van der Waals surface area contributed by atoms with E-state index in [1.807, 2.05) is 0 Å². The van der Waals surface area contributed by atoms with Gasteiger partial charge in [-0.1, -0.05) is 0 Å². The fourth-order valence-corrected chi connectivity index (χ4v) is 36.2. The summed E-state index contributed by atoms with van der Waals surface area (Å²) < 4.78 is 0.993. The van der Waals surface area contributed by atoms with Crippen molar-refractivity contribution in [3.63, 3.8) is 0 Å². The Morgan fingerprint density at radius 2 is 1.17 bits per heavy atom. The van der Waals surface area contributed by atoms with Crippen LogP contribution in [0.1, 0.15) is 53.4 Å². The van der Waals surface area contributed by atoms with Gasteiger partial charge in [0.2, 0.25) is 0 Å². The quantitative estimate of drug-likeness (QED) is 0.518. The maximum absolute atomic E-state index is 2.66. The van der Waals surface area contributed by atoms with Crippen molar-refractivity contribution in [1.29, 1.82) is 0 Å². The number of rotatable bonds is 7. The van der Waals surface area contributed by atoms with E-state index >= 15 is 0 Å². The first kappa shape index (κ1) is 23.9. The molecule has 0 bridgehead atoms. The summed E-state index contributed by atoms with van der Waals surface area (Å²) in [5.41, 5.74) is 3.52. The van der Waals surface area contributed by atoms with Gasteiger partial charge in [0.15, 0.2) is 0 Å². The molecular formula is C20H33F2SiZr. The average molecular weight is 431 g/mol. The van der Waals surface area contributed by atoms with Gasteiger partial charge in [0.05, 0.1) is 0 Å².